The second-order valence-corrected chi connectivity index (χ2v) is 7.58. The van der Waals surface area contributed by atoms with E-state index in [4.69, 9.17) is 0 Å². The molecule has 0 radical (unpaired) electrons. The monoisotopic (exact) mass is 288 g/mol. The topological polar surface area (TPSA) is 60.7 Å². The van der Waals surface area contributed by atoms with Gasteiger partial charge >= 0.3 is 0 Å². The third-order valence-electron chi connectivity index (χ3n) is 6.71. The van der Waals surface area contributed by atoms with Crippen molar-refractivity contribution in [2.24, 2.45) is 17.3 Å². The first-order valence-electron chi connectivity index (χ1n) is 8.19. The van der Waals surface area contributed by atoms with Crippen LogP contribution in [0, 0.1) is 17.3 Å². The van der Waals surface area contributed by atoms with Crippen LogP contribution in [0.1, 0.15) is 62.2 Å². The van der Waals surface area contributed by atoms with Crippen LogP contribution in [-0.2, 0) is 0 Å². The molecule has 0 heterocycles. The zero-order valence-electron chi connectivity index (χ0n) is 12.5. The predicted octanol–water partition coefficient (Wildman–Crippen LogP) is 3.10. The molecule has 2 saturated carbocycles. The third kappa shape index (κ3) is 1.80. The number of phenolic OH excluding ortho intramolecular Hbond substituents is 1. The van der Waals surface area contributed by atoms with Gasteiger partial charge in [-0.05, 0) is 78.5 Å². The summed E-state index contributed by atoms with van der Waals surface area (Å²) in [5, 5.41) is 30.6. The number of rotatable bonds is 0. The molecular weight excluding hydrogens is 264 g/mol. The highest BCUT2D eigenvalue weighted by Crippen LogP contribution is 2.62. The summed E-state index contributed by atoms with van der Waals surface area (Å²) < 4.78 is 0. The highest BCUT2D eigenvalue weighted by Gasteiger charge is 2.55. The smallest absolute Gasteiger partial charge is 0.115 e. The molecule has 0 aromatic heterocycles. The number of phenols is 1. The van der Waals surface area contributed by atoms with E-state index >= 15 is 0 Å². The zero-order valence-corrected chi connectivity index (χ0v) is 12.5. The van der Waals surface area contributed by atoms with Crippen molar-refractivity contribution in [3.8, 4) is 5.75 Å². The first-order valence-corrected chi connectivity index (χ1v) is 8.19. The number of hydrogen-bond donors (Lipinski definition) is 3. The molecule has 0 bridgehead atoms. The van der Waals surface area contributed by atoms with Crippen molar-refractivity contribution in [3.05, 3.63) is 29.3 Å². The van der Waals surface area contributed by atoms with Crippen LogP contribution >= 0.6 is 0 Å². The third-order valence-corrected chi connectivity index (χ3v) is 6.71. The van der Waals surface area contributed by atoms with E-state index < -0.39 is 6.10 Å². The number of fused-ring (bicyclic) bond motifs is 5. The van der Waals surface area contributed by atoms with Gasteiger partial charge in [0.25, 0.3) is 0 Å². The molecule has 3 N–H and O–H groups in total. The first kappa shape index (κ1) is 13.6. The molecule has 0 saturated heterocycles. The Morgan fingerprint density at radius 1 is 1.10 bits per heavy atom. The van der Waals surface area contributed by atoms with Crippen LogP contribution < -0.4 is 0 Å². The van der Waals surface area contributed by atoms with Crippen LogP contribution in [0.15, 0.2) is 18.2 Å². The van der Waals surface area contributed by atoms with Gasteiger partial charge in [-0.25, -0.2) is 0 Å². The lowest BCUT2D eigenvalue weighted by Crippen LogP contribution is -2.44. The van der Waals surface area contributed by atoms with Gasteiger partial charge in [-0.15, -0.1) is 0 Å². The minimum absolute atomic E-state index is 0.0370. The van der Waals surface area contributed by atoms with E-state index in [0.717, 1.165) is 37.7 Å². The molecule has 6 atom stereocenters. The van der Waals surface area contributed by atoms with Crippen molar-refractivity contribution in [3.63, 3.8) is 0 Å². The first-order chi connectivity index (χ1) is 10.0. The number of benzene rings is 1. The number of aromatic hydroxyl groups is 1. The quantitative estimate of drug-likeness (QED) is 0.687. The van der Waals surface area contributed by atoms with Gasteiger partial charge in [0, 0.05) is 0 Å². The highest BCUT2D eigenvalue weighted by atomic mass is 16.3. The molecule has 0 spiro atoms. The molecule has 114 valence electrons. The van der Waals surface area contributed by atoms with Gasteiger partial charge in [-0.1, -0.05) is 13.0 Å². The van der Waals surface area contributed by atoms with Gasteiger partial charge in [0.2, 0.25) is 0 Å². The van der Waals surface area contributed by atoms with Gasteiger partial charge in [-0.3, -0.25) is 0 Å². The maximum atomic E-state index is 10.5. The molecule has 0 unspecified atom stereocenters. The molecule has 3 aliphatic carbocycles. The summed E-state index contributed by atoms with van der Waals surface area (Å²) >= 11 is 0. The molecular formula is C18H24O3. The summed E-state index contributed by atoms with van der Waals surface area (Å²) in [5.74, 6) is 1.70. The normalized spacial score (nSPS) is 44.8. The minimum Gasteiger partial charge on any atom is -0.508 e. The second-order valence-electron chi connectivity index (χ2n) is 7.58. The lowest BCUT2D eigenvalue weighted by atomic mass is 9.55. The predicted molar refractivity (Wildman–Crippen MR) is 80.0 cm³/mol. The van der Waals surface area contributed by atoms with Crippen LogP contribution in [0.3, 0.4) is 0 Å². The van der Waals surface area contributed by atoms with Crippen LogP contribution in [0.25, 0.3) is 0 Å². The van der Waals surface area contributed by atoms with E-state index in [9.17, 15) is 15.3 Å². The fourth-order valence-electron chi connectivity index (χ4n) is 5.55. The SMILES string of the molecule is C[C@]12CC[C@@H]3c4ccc(O)cc4[C@@H](O)C[C@H]3[C@@H]1CC[C@H]2O. The minimum atomic E-state index is -0.478. The summed E-state index contributed by atoms with van der Waals surface area (Å²) in [6.07, 6.45) is 4.25. The number of aliphatic hydroxyl groups is 2. The Balaban J connectivity index is 1.75. The molecule has 3 nitrogen and oxygen atoms in total. The standard InChI is InChI=1S/C18H24O3/c1-18-7-6-12-11-3-2-10(19)8-14(11)16(20)9-13(12)15(18)4-5-17(18)21/h2-3,8,12-13,15-17,19-21H,4-7,9H2,1H3/t12-,13-,15+,16+,17-,18+/m1/s1. The van der Waals surface area contributed by atoms with Crippen molar-refractivity contribution < 1.29 is 15.3 Å². The Bertz CT molecular complexity index is 570. The Kier molecular flexibility index (Phi) is 2.89. The molecule has 3 aliphatic rings. The molecule has 3 heteroatoms. The lowest BCUT2D eigenvalue weighted by molar-refractivity contribution is -0.0372. The van der Waals surface area contributed by atoms with E-state index in [1.165, 1.54) is 5.56 Å². The Labute approximate surface area is 125 Å². The number of hydrogen-bond acceptors (Lipinski definition) is 3. The Morgan fingerprint density at radius 2 is 1.90 bits per heavy atom. The highest BCUT2D eigenvalue weighted by molar-refractivity contribution is 5.41. The average molecular weight is 288 g/mol. The molecule has 21 heavy (non-hydrogen) atoms. The maximum absolute atomic E-state index is 10.5. The van der Waals surface area contributed by atoms with Crippen LogP contribution in [0.2, 0.25) is 0 Å². The fraction of sp³-hybridized carbons (Fsp3) is 0.667. The Morgan fingerprint density at radius 3 is 2.71 bits per heavy atom. The second kappa shape index (κ2) is 4.47. The van der Waals surface area contributed by atoms with E-state index in [1.807, 2.05) is 6.07 Å². The lowest BCUT2D eigenvalue weighted by Gasteiger charge is -2.50. The van der Waals surface area contributed by atoms with Gasteiger partial charge in [0.05, 0.1) is 12.2 Å². The van der Waals surface area contributed by atoms with Crippen molar-refractivity contribution in [2.45, 2.75) is 57.2 Å². The fourth-order valence-corrected chi connectivity index (χ4v) is 5.55. The largest absolute Gasteiger partial charge is 0.508 e. The van der Waals surface area contributed by atoms with Crippen molar-refractivity contribution in [1.82, 2.24) is 0 Å². The van der Waals surface area contributed by atoms with Gasteiger partial charge < -0.3 is 15.3 Å². The molecule has 4 rings (SSSR count). The molecule has 0 aliphatic heterocycles. The summed E-state index contributed by atoms with van der Waals surface area (Å²) in [6.45, 7) is 2.24. The summed E-state index contributed by atoms with van der Waals surface area (Å²) in [5.41, 5.74) is 2.17. The van der Waals surface area contributed by atoms with Crippen LogP contribution in [0.4, 0.5) is 0 Å². The van der Waals surface area contributed by atoms with E-state index in [-0.39, 0.29) is 17.3 Å². The van der Waals surface area contributed by atoms with E-state index in [0.29, 0.717) is 17.8 Å². The summed E-state index contributed by atoms with van der Waals surface area (Å²) in [4.78, 5) is 0. The van der Waals surface area contributed by atoms with Crippen LogP contribution in [-0.4, -0.2) is 21.4 Å². The molecule has 2 fully saturated rings. The average Bonchev–Trinajstić information content (AvgIpc) is 2.76. The molecule has 1 aromatic carbocycles. The van der Waals surface area contributed by atoms with Gasteiger partial charge in [-0.2, -0.15) is 0 Å². The van der Waals surface area contributed by atoms with Crippen LogP contribution in [0.5, 0.6) is 5.75 Å². The van der Waals surface area contributed by atoms with E-state index in [2.05, 4.69) is 6.92 Å². The van der Waals surface area contributed by atoms with Crippen molar-refractivity contribution in [1.29, 1.82) is 0 Å². The maximum Gasteiger partial charge on any atom is 0.115 e. The van der Waals surface area contributed by atoms with Gasteiger partial charge in [0.1, 0.15) is 5.75 Å². The zero-order chi connectivity index (χ0) is 14.8. The molecule has 1 aromatic rings. The van der Waals surface area contributed by atoms with E-state index in [1.54, 1.807) is 12.1 Å². The number of aliphatic hydroxyl groups excluding tert-OH is 2. The van der Waals surface area contributed by atoms with Crippen molar-refractivity contribution >= 4 is 0 Å². The summed E-state index contributed by atoms with van der Waals surface area (Å²) in [6, 6.07) is 5.47. The van der Waals surface area contributed by atoms with Crippen molar-refractivity contribution in [2.75, 3.05) is 0 Å². The van der Waals surface area contributed by atoms with Gasteiger partial charge in [0.15, 0.2) is 0 Å². The Hall–Kier alpha value is -1.06. The summed E-state index contributed by atoms with van der Waals surface area (Å²) in [7, 11) is 0. The molecule has 0 amide bonds.